The summed E-state index contributed by atoms with van der Waals surface area (Å²) in [6.45, 7) is 2.29. The molecule has 0 aliphatic rings. The largest absolute Gasteiger partial charge is 4.00 e. The molecule has 0 atom stereocenters. The molecule has 0 aliphatic carbocycles. The van der Waals surface area contributed by atoms with E-state index in [2.05, 4.69) is 79.7 Å². The molecule has 0 spiro atoms. The van der Waals surface area contributed by atoms with E-state index in [0.29, 0.717) is 0 Å². The van der Waals surface area contributed by atoms with Crippen LogP contribution in [0.3, 0.4) is 0 Å². The van der Waals surface area contributed by atoms with Gasteiger partial charge in [-0.3, -0.25) is 0 Å². The van der Waals surface area contributed by atoms with Gasteiger partial charge in [-0.05, 0) is 6.16 Å². The summed E-state index contributed by atoms with van der Waals surface area (Å²) in [7, 11) is -0.245. The molecule has 4 rings (SSSR count). The van der Waals surface area contributed by atoms with Gasteiger partial charge in [-0.25, -0.2) is 0 Å². The van der Waals surface area contributed by atoms with E-state index in [1.807, 2.05) is 0 Å². The fourth-order valence-electron chi connectivity index (χ4n) is 3.21. The Balaban J connectivity index is 0.00000104. The van der Waals surface area contributed by atoms with Crippen LogP contribution in [0.4, 0.5) is 0 Å². The summed E-state index contributed by atoms with van der Waals surface area (Å²) < 4.78 is 0. The van der Waals surface area contributed by atoms with Crippen molar-refractivity contribution in [1.29, 1.82) is 0 Å². The van der Waals surface area contributed by atoms with E-state index in [1.165, 1.54) is 44.7 Å². The maximum absolute atomic E-state index is 2.40. The molecule has 4 heteroatoms. The van der Waals surface area contributed by atoms with Gasteiger partial charge in [-0.15, -0.1) is 80.7 Å². The predicted octanol–water partition coefficient (Wildman–Crippen LogP) is -0.721. The monoisotopic (exact) mass is 388 g/mol. The van der Waals surface area contributed by atoms with Crippen LogP contribution in [0, 0.1) is 0 Å². The van der Waals surface area contributed by atoms with Crippen molar-refractivity contribution in [2.24, 2.45) is 0 Å². The topological polar surface area (TPSA) is 0 Å². The zero-order chi connectivity index (χ0) is 14.9. The Kier molecular flexibility index (Phi) is 8.15. The third-order valence-electron chi connectivity index (χ3n) is 4.28. The van der Waals surface area contributed by atoms with Gasteiger partial charge in [0.1, 0.15) is 0 Å². The number of fused-ring (bicyclic) bond motifs is 2. The maximum Gasteiger partial charge on any atom is 4.00 e. The molecule has 0 nitrogen and oxygen atoms in total. The molecule has 0 heterocycles. The van der Waals surface area contributed by atoms with Gasteiger partial charge in [0, 0.05) is 0 Å². The van der Waals surface area contributed by atoms with Crippen molar-refractivity contribution in [2.75, 3.05) is 6.16 Å². The Morgan fingerprint density at radius 1 is 0.760 bits per heavy atom. The third kappa shape index (κ3) is 4.26. The van der Waals surface area contributed by atoms with Gasteiger partial charge < -0.3 is 9.41 Å². The second-order valence-corrected chi connectivity index (χ2v) is 8.17. The normalized spacial score (nSPS) is 10.3. The predicted molar refractivity (Wildman–Crippen MR) is 100 cm³/mol. The maximum atomic E-state index is 2.40. The molecule has 0 saturated heterocycles. The van der Waals surface area contributed by atoms with Crippen molar-refractivity contribution in [1.82, 2.24) is 0 Å². The van der Waals surface area contributed by atoms with Crippen molar-refractivity contribution in [3.05, 3.63) is 72.8 Å². The molecule has 0 radical (unpaired) electrons. The number of rotatable bonds is 4. The average Bonchev–Trinajstić information content (AvgIpc) is 3.15. The van der Waals surface area contributed by atoms with Gasteiger partial charge in [0.05, 0.1) is 0 Å². The summed E-state index contributed by atoms with van der Waals surface area (Å²) in [5, 5.41) is 8.53. The van der Waals surface area contributed by atoms with Crippen LogP contribution in [0.25, 0.3) is 21.5 Å². The molecule has 0 fully saturated rings. The van der Waals surface area contributed by atoms with E-state index in [4.69, 9.17) is 0 Å². The van der Waals surface area contributed by atoms with Crippen LogP contribution in [0.1, 0.15) is 13.3 Å². The van der Waals surface area contributed by atoms with E-state index in [9.17, 15) is 0 Å². The second-order valence-electron chi connectivity index (χ2n) is 5.84. The minimum Gasteiger partial charge on any atom is -1.00 e. The van der Waals surface area contributed by atoms with E-state index in [1.54, 1.807) is 0 Å². The van der Waals surface area contributed by atoms with Gasteiger partial charge in [0.15, 0.2) is 0 Å². The van der Waals surface area contributed by atoms with Crippen molar-refractivity contribution in [2.45, 2.75) is 13.3 Å². The molecule has 0 saturated carbocycles. The molecule has 0 aliphatic heterocycles. The molecule has 0 N–H and O–H groups in total. The Bertz CT molecular complexity index is 786. The number of hydrogen-bond donors (Lipinski definition) is 0. The van der Waals surface area contributed by atoms with Crippen molar-refractivity contribution in [3.8, 4) is 0 Å². The second kappa shape index (κ2) is 9.39. The standard InChI is InChI=1S/C21H19P.2FH.Ti/c1-2-11-22(20-12-16-7-3-4-8-17(16)13-20)21-14-18-9-5-6-10-19(18)15-21;;;/h3-10,12-15H,2,11H2,1H3;2*1H;/q-2;;;+4/p-2. The van der Waals surface area contributed by atoms with Crippen LogP contribution in [-0.4, -0.2) is 6.16 Å². The van der Waals surface area contributed by atoms with Crippen molar-refractivity contribution >= 4 is 40.1 Å². The van der Waals surface area contributed by atoms with E-state index in [0.717, 1.165) is 0 Å². The van der Waals surface area contributed by atoms with Crippen LogP contribution < -0.4 is 20.0 Å². The molecule has 4 aromatic rings. The number of hydrogen-bond acceptors (Lipinski definition) is 0. The van der Waals surface area contributed by atoms with Crippen LogP contribution in [0.15, 0.2) is 72.8 Å². The number of halogens is 2. The molecule has 25 heavy (non-hydrogen) atoms. The molecular weight excluding hydrogens is 369 g/mol. The summed E-state index contributed by atoms with van der Waals surface area (Å²) in [4.78, 5) is 0. The Labute approximate surface area is 163 Å². The Morgan fingerprint density at radius 2 is 1.20 bits per heavy atom. The average molecular weight is 388 g/mol. The van der Waals surface area contributed by atoms with E-state index < -0.39 is 0 Å². The van der Waals surface area contributed by atoms with Gasteiger partial charge >= 0.3 is 21.7 Å². The first-order valence-corrected chi connectivity index (χ1v) is 9.46. The first kappa shape index (κ1) is 21.7. The molecule has 0 bridgehead atoms. The van der Waals surface area contributed by atoms with Gasteiger partial charge in [-0.2, -0.15) is 12.1 Å². The fraction of sp³-hybridized carbons (Fsp3) is 0.143. The van der Waals surface area contributed by atoms with Crippen LogP contribution in [-0.2, 0) is 21.7 Å². The van der Waals surface area contributed by atoms with E-state index >= 15 is 0 Å². The summed E-state index contributed by atoms with van der Waals surface area (Å²) in [5.41, 5.74) is 0. The minimum absolute atomic E-state index is 0. The first-order valence-electron chi connectivity index (χ1n) is 7.93. The summed E-state index contributed by atoms with van der Waals surface area (Å²) in [6.07, 6.45) is 2.50. The molecule has 4 aromatic carbocycles. The fourth-order valence-corrected chi connectivity index (χ4v) is 5.65. The third-order valence-corrected chi connectivity index (χ3v) is 6.93. The van der Waals surface area contributed by atoms with Crippen molar-refractivity contribution < 1.29 is 31.1 Å². The summed E-state index contributed by atoms with van der Waals surface area (Å²) >= 11 is 0. The van der Waals surface area contributed by atoms with E-state index in [-0.39, 0.29) is 39.0 Å². The van der Waals surface area contributed by atoms with Gasteiger partial charge in [0.2, 0.25) is 0 Å². The quantitative estimate of drug-likeness (QED) is 0.246. The summed E-state index contributed by atoms with van der Waals surface area (Å²) in [6, 6.07) is 27.0. The van der Waals surface area contributed by atoms with Gasteiger partial charge in [-0.1, -0.05) is 33.4 Å². The van der Waals surface area contributed by atoms with Crippen molar-refractivity contribution in [3.63, 3.8) is 0 Å². The SMILES string of the molecule is CCCP(c1cc2ccccc2[cH-]1)c1cc2ccccc2[cH-]1.[F-].[F-].[Ti+4]. The van der Waals surface area contributed by atoms with Crippen LogP contribution in [0.5, 0.6) is 0 Å². The zero-order valence-electron chi connectivity index (χ0n) is 14.0. The smallest absolute Gasteiger partial charge is 1.00 e. The molecule has 0 unspecified atom stereocenters. The van der Waals surface area contributed by atoms with Gasteiger partial charge in [0.25, 0.3) is 0 Å². The molecule has 0 aromatic heterocycles. The minimum atomic E-state index is -0.245. The number of benzene rings is 2. The van der Waals surface area contributed by atoms with Crippen LogP contribution >= 0.6 is 7.92 Å². The first-order chi connectivity index (χ1) is 10.8. The molecular formula is C21H19F2PTi. The summed E-state index contributed by atoms with van der Waals surface area (Å²) in [5.74, 6) is 0. The molecule has 126 valence electrons. The van der Waals surface area contributed by atoms with Crippen LogP contribution in [0.2, 0.25) is 0 Å². The molecule has 0 amide bonds. The Morgan fingerprint density at radius 3 is 1.60 bits per heavy atom. The zero-order valence-corrected chi connectivity index (χ0v) is 16.5. The Hall–Kier alpha value is -1.34.